The first kappa shape index (κ1) is 17.7. The topological polar surface area (TPSA) is 74.7 Å². The zero-order valence-electron chi connectivity index (χ0n) is 15.0. The fraction of sp³-hybridized carbons (Fsp3) is 0.238. The molecule has 1 N–H and O–H groups in total. The number of carbonyl (C=O) groups excluding carboxylic acids is 1. The van der Waals surface area contributed by atoms with Crippen molar-refractivity contribution in [1.29, 1.82) is 5.26 Å². The van der Waals surface area contributed by atoms with Gasteiger partial charge in [-0.25, -0.2) is 4.79 Å². The zero-order chi connectivity index (χ0) is 18.8. The number of aliphatic hydroxyl groups is 1. The van der Waals surface area contributed by atoms with Gasteiger partial charge >= 0.3 is 5.97 Å². The van der Waals surface area contributed by atoms with Gasteiger partial charge in [-0.1, -0.05) is 18.2 Å². The number of hydrogen-bond acceptors (Lipinski definition) is 4. The Morgan fingerprint density at radius 3 is 2.58 bits per heavy atom. The summed E-state index contributed by atoms with van der Waals surface area (Å²) in [6.45, 7) is 5.95. The first-order valence-electron chi connectivity index (χ1n) is 8.43. The lowest BCUT2D eigenvalue weighted by molar-refractivity contribution is 0.0528. The van der Waals surface area contributed by atoms with Crippen LogP contribution in [-0.4, -0.2) is 22.1 Å². The van der Waals surface area contributed by atoms with Gasteiger partial charge in [0.1, 0.15) is 6.10 Å². The summed E-state index contributed by atoms with van der Waals surface area (Å²) in [5, 5.41) is 19.8. The van der Waals surface area contributed by atoms with E-state index in [1.165, 1.54) is 0 Å². The highest BCUT2D eigenvalue weighted by molar-refractivity contribution is 5.98. The third kappa shape index (κ3) is 3.07. The van der Waals surface area contributed by atoms with Gasteiger partial charge in [0.2, 0.25) is 0 Å². The molecule has 5 heteroatoms. The smallest absolute Gasteiger partial charge is 0.340 e. The van der Waals surface area contributed by atoms with E-state index >= 15 is 0 Å². The highest BCUT2D eigenvalue weighted by atomic mass is 16.5. The predicted molar refractivity (Wildman–Crippen MR) is 98.0 cm³/mol. The molecule has 0 amide bonds. The van der Waals surface area contributed by atoms with Gasteiger partial charge in [0.15, 0.2) is 0 Å². The SMILES string of the molecule is CCOC(=O)c1cc(C(O)c2ccc(C#N)cc2)n2cc(C)cc(C)c12. The molecule has 1 atom stereocenters. The number of pyridine rings is 1. The van der Waals surface area contributed by atoms with E-state index in [4.69, 9.17) is 10.00 Å². The number of aryl methyl sites for hydroxylation is 2. The van der Waals surface area contributed by atoms with Crippen LogP contribution >= 0.6 is 0 Å². The Hall–Kier alpha value is -3.10. The van der Waals surface area contributed by atoms with Crippen LogP contribution in [0, 0.1) is 25.2 Å². The fourth-order valence-corrected chi connectivity index (χ4v) is 3.22. The Morgan fingerprint density at radius 1 is 1.27 bits per heavy atom. The van der Waals surface area contributed by atoms with Gasteiger partial charge in [-0.15, -0.1) is 0 Å². The van der Waals surface area contributed by atoms with Crippen LogP contribution in [0.25, 0.3) is 5.52 Å². The van der Waals surface area contributed by atoms with Crippen LogP contribution in [-0.2, 0) is 4.74 Å². The van der Waals surface area contributed by atoms with E-state index in [0.717, 1.165) is 16.6 Å². The second-order valence-electron chi connectivity index (χ2n) is 6.26. The van der Waals surface area contributed by atoms with E-state index < -0.39 is 12.1 Å². The van der Waals surface area contributed by atoms with Crippen molar-refractivity contribution in [2.45, 2.75) is 26.9 Å². The van der Waals surface area contributed by atoms with Gasteiger partial charge in [0.05, 0.1) is 35.0 Å². The largest absolute Gasteiger partial charge is 0.462 e. The molecule has 2 heterocycles. The molecule has 1 aromatic carbocycles. The molecular weight excluding hydrogens is 328 g/mol. The average Bonchev–Trinajstić information content (AvgIpc) is 3.01. The number of rotatable bonds is 4. The molecule has 26 heavy (non-hydrogen) atoms. The van der Waals surface area contributed by atoms with Crippen molar-refractivity contribution >= 4 is 11.5 Å². The van der Waals surface area contributed by atoms with Gasteiger partial charge in [-0.2, -0.15) is 5.26 Å². The number of nitriles is 1. The number of ether oxygens (including phenoxy) is 1. The van der Waals surface area contributed by atoms with E-state index in [1.807, 2.05) is 30.5 Å². The normalized spacial score (nSPS) is 12.0. The minimum Gasteiger partial charge on any atom is -0.462 e. The number of esters is 1. The van der Waals surface area contributed by atoms with Crippen LogP contribution in [0.4, 0.5) is 0 Å². The van der Waals surface area contributed by atoms with Crippen molar-refractivity contribution in [1.82, 2.24) is 4.40 Å². The molecule has 0 saturated carbocycles. The Morgan fingerprint density at radius 2 is 1.96 bits per heavy atom. The van der Waals surface area contributed by atoms with Crippen LogP contribution in [0.3, 0.4) is 0 Å². The summed E-state index contributed by atoms with van der Waals surface area (Å²) < 4.78 is 7.03. The van der Waals surface area contributed by atoms with E-state index in [0.29, 0.717) is 22.4 Å². The first-order chi connectivity index (χ1) is 12.5. The molecule has 0 bridgehead atoms. The van der Waals surface area contributed by atoms with Crippen molar-refractivity contribution < 1.29 is 14.6 Å². The van der Waals surface area contributed by atoms with Crippen LogP contribution in [0.2, 0.25) is 0 Å². The maximum Gasteiger partial charge on any atom is 0.340 e. The molecule has 0 aliphatic heterocycles. The van der Waals surface area contributed by atoms with Crippen LogP contribution in [0.1, 0.15) is 51.3 Å². The number of carbonyl (C=O) groups is 1. The van der Waals surface area contributed by atoms with E-state index in [9.17, 15) is 9.90 Å². The Labute approximate surface area is 152 Å². The molecule has 0 radical (unpaired) electrons. The molecule has 5 nitrogen and oxygen atoms in total. The highest BCUT2D eigenvalue weighted by Crippen LogP contribution is 2.30. The minimum atomic E-state index is -0.931. The Kier molecular flexibility index (Phi) is 4.79. The summed E-state index contributed by atoms with van der Waals surface area (Å²) in [5.41, 5.74) is 4.89. The monoisotopic (exact) mass is 348 g/mol. The lowest BCUT2D eigenvalue weighted by Crippen LogP contribution is -2.05. The molecule has 0 spiro atoms. The molecule has 3 rings (SSSR count). The van der Waals surface area contributed by atoms with Crippen molar-refractivity contribution in [3.05, 3.63) is 76.1 Å². The summed E-state index contributed by atoms with van der Waals surface area (Å²) in [6, 6.07) is 12.5. The van der Waals surface area contributed by atoms with Crippen molar-refractivity contribution in [2.24, 2.45) is 0 Å². The Balaban J connectivity index is 2.18. The quantitative estimate of drug-likeness (QED) is 0.730. The molecule has 2 aromatic heterocycles. The van der Waals surface area contributed by atoms with E-state index in [1.54, 1.807) is 37.3 Å². The molecule has 0 aliphatic rings. The van der Waals surface area contributed by atoms with E-state index in [2.05, 4.69) is 6.07 Å². The highest BCUT2D eigenvalue weighted by Gasteiger charge is 2.23. The minimum absolute atomic E-state index is 0.286. The van der Waals surface area contributed by atoms with Gasteiger partial charge in [0.25, 0.3) is 0 Å². The average molecular weight is 348 g/mol. The van der Waals surface area contributed by atoms with Gasteiger partial charge in [0, 0.05) is 6.20 Å². The number of benzene rings is 1. The summed E-state index contributed by atoms with van der Waals surface area (Å²) in [7, 11) is 0. The predicted octanol–water partition coefficient (Wildman–Crippen LogP) is 3.69. The number of aromatic nitrogens is 1. The van der Waals surface area contributed by atoms with Crippen LogP contribution in [0.5, 0.6) is 0 Å². The Bertz CT molecular complexity index is 1010. The molecule has 3 aromatic rings. The van der Waals surface area contributed by atoms with Crippen LogP contribution < -0.4 is 0 Å². The van der Waals surface area contributed by atoms with Gasteiger partial charge in [-0.05, 0) is 55.7 Å². The standard InChI is InChI=1S/C21H20N2O3/c1-4-26-21(25)17-10-18(23-12-13(2)9-14(3)19(17)23)20(24)16-7-5-15(11-22)6-8-16/h5-10,12,20,24H,4H2,1-3H3. The summed E-state index contributed by atoms with van der Waals surface area (Å²) in [6.07, 6.45) is 0.965. The first-order valence-corrected chi connectivity index (χ1v) is 8.43. The number of fused-ring (bicyclic) bond motifs is 1. The lowest BCUT2D eigenvalue weighted by atomic mass is 10.0. The maximum absolute atomic E-state index is 12.4. The maximum atomic E-state index is 12.4. The van der Waals surface area contributed by atoms with Crippen LogP contribution in [0.15, 0.2) is 42.6 Å². The van der Waals surface area contributed by atoms with E-state index in [-0.39, 0.29) is 6.61 Å². The third-order valence-corrected chi connectivity index (χ3v) is 4.35. The zero-order valence-corrected chi connectivity index (χ0v) is 15.0. The molecule has 1 unspecified atom stereocenters. The van der Waals surface area contributed by atoms with Crippen molar-refractivity contribution in [3.63, 3.8) is 0 Å². The molecule has 0 saturated heterocycles. The van der Waals surface area contributed by atoms with Gasteiger partial charge < -0.3 is 14.2 Å². The molecule has 132 valence electrons. The van der Waals surface area contributed by atoms with Gasteiger partial charge in [-0.3, -0.25) is 0 Å². The summed E-state index contributed by atoms with van der Waals surface area (Å²) in [4.78, 5) is 12.4. The molecular formula is C21H20N2O3. The second-order valence-corrected chi connectivity index (χ2v) is 6.26. The summed E-state index contributed by atoms with van der Waals surface area (Å²) >= 11 is 0. The lowest BCUT2D eigenvalue weighted by Gasteiger charge is -2.13. The molecule has 0 fully saturated rings. The third-order valence-electron chi connectivity index (χ3n) is 4.35. The molecule has 0 aliphatic carbocycles. The van der Waals surface area contributed by atoms with Crippen molar-refractivity contribution in [3.8, 4) is 6.07 Å². The fourth-order valence-electron chi connectivity index (χ4n) is 3.22. The number of aliphatic hydroxyl groups excluding tert-OH is 1. The number of hydrogen-bond donors (Lipinski definition) is 1. The van der Waals surface area contributed by atoms with Crippen molar-refractivity contribution in [2.75, 3.05) is 6.61 Å². The second kappa shape index (κ2) is 7.03. The summed E-state index contributed by atoms with van der Waals surface area (Å²) in [5.74, 6) is -0.407. The number of nitrogens with zero attached hydrogens (tertiary/aromatic N) is 2.